The van der Waals surface area contributed by atoms with Crippen LogP contribution in [-0.4, -0.2) is 53.4 Å². The van der Waals surface area contributed by atoms with E-state index in [4.69, 9.17) is 30.5 Å². The number of nitrogens with zero attached hydrogens (tertiary/aromatic N) is 3. The molecule has 0 radical (unpaired) electrons. The van der Waals surface area contributed by atoms with Crippen molar-refractivity contribution in [2.75, 3.05) is 26.7 Å². The second-order valence-electron chi connectivity index (χ2n) is 10.2. The van der Waals surface area contributed by atoms with Crippen molar-refractivity contribution in [1.82, 2.24) is 30.9 Å². The molecule has 14 heteroatoms. The van der Waals surface area contributed by atoms with Gasteiger partial charge in [-0.3, -0.25) is 9.59 Å². The highest BCUT2D eigenvalue weighted by atomic mass is 16.4. The third-order valence-corrected chi connectivity index (χ3v) is 6.84. The average Bonchev–Trinajstić information content (AvgIpc) is 3.76. The van der Waals surface area contributed by atoms with E-state index in [2.05, 4.69) is 30.9 Å². The van der Waals surface area contributed by atoms with Gasteiger partial charge in [-0.05, 0) is 85.0 Å². The Morgan fingerprint density at radius 1 is 0.667 bits per heavy atom. The first-order chi connectivity index (χ1) is 20.4. The lowest BCUT2D eigenvalue weighted by Crippen LogP contribution is -2.30. The molecule has 0 bridgehead atoms. The minimum atomic E-state index is -0.606. The molecule has 42 heavy (non-hydrogen) atoms. The van der Waals surface area contributed by atoms with Crippen molar-refractivity contribution in [2.45, 2.75) is 82.8 Å². The zero-order valence-corrected chi connectivity index (χ0v) is 24.6. The van der Waals surface area contributed by atoms with Crippen LogP contribution in [0.2, 0.25) is 0 Å². The van der Waals surface area contributed by atoms with Crippen molar-refractivity contribution in [3.05, 3.63) is 53.5 Å². The number of carbonyl (C=O) groups is 2. The Hall–Kier alpha value is -3.59. The van der Waals surface area contributed by atoms with Crippen molar-refractivity contribution < 1.29 is 22.8 Å². The third-order valence-electron chi connectivity index (χ3n) is 6.84. The number of oxazole rings is 3. The van der Waals surface area contributed by atoms with Gasteiger partial charge in [-0.15, -0.1) is 0 Å². The minimum absolute atomic E-state index is 0.0771. The van der Waals surface area contributed by atoms with Gasteiger partial charge in [0.05, 0.1) is 11.7 Å². The lowest BCUT2D eigenvalue weighted by atomic mass is 10.1. The summed E-state index contributed by atoms with van der Waals surface area (Å²) >= 11 is 0. The van der Waals surface area contributed by atoms with Gasteiger partial charge < -0.3 is 46.4 Å². The molecule has 0 aliphatic carbocycles. The number of hydrogen-bond donors (Lipinski definition) is 6. The summed E-state index contributed by atoms with van der Waals surface area (Å²) in [4.78, 5) is 39.5. The van der Waals surface area contributed by atoms with E-state index in [1.165, 1.54) is 12.5 Å². The van der Waals surface area contributed by atoms with Gasteiger partial charge in [-0.1, -0.05) is 6.42 Å². The van der Waals surface area contributed by atoms with Crippen LogP contribution in [-0.2, 0) is 0 Å². The first kappa shape index (κ1) is 32.9. The summed E-state index contributed by atoms with van der Waals surface area (Å²) < 4.78 is 16.8. The summed E-state index contributed by atoms with van der Waals surface area (Å²) in [5.74, 6) is 0.162. The molecule has 9 N–H and O–H groups in total. The van der Waals surface area contributed by atoms with Crippen LogP contribution in [0.3, 0.4) is 0 Å². The first-order valence-electron chi connectivity index (χ1n) is 14.6. The molecule has 232 valence electrons. The van der Waals surface area contributed by atoms with Crippen molar-refractivity contribution >= 4 is 11.8 Å². The Labute approximate surface area is 246 Å². The second-order valence-corrected chi connectivity index (χ2v) is 10.2. The van der Waals surface area contributed by atoms with Gasteiger partial charge in [0, 0.05) is 0 Å². The Morgan fingerprint density at radius 2 is 1.07 bits per heavy atom. The zero-order valence-electron chi connectivity index (χ0n) is 24.6. The molecule has 0 unspecified atom stereocenters. The van der Waals surface area contributed by atoms with Gasteiger partial charge in [0.2, 0.25) is 17.7 Å². The number of aryl methyl sites for hydroxylation is 1. The number of carbonyl (C=O) groups excluding carboxylic acids is 2. The molecule has 0 spiro atoms. The van der Waals surface area contributed by atoms with E-state index >= 15 is 0 Å². The van der Waals surface area contributed by atoms with Crippen LogP contribution in [0.4, 0.5) is 0 Å². The Morgan fingerprint density at radius 3 is 1.48 bits per heavy atom. The molecule has 0 saturated carbocycles. The molecule has 0 aliphatic heterocycles. The quantitative estimate of drug-likeness (QED) is 0.105. The molecule has 0 fully saturated rings. The molecule has 14 nitrogen and oxygen atoms in total. The number of hydrogen-bond acceptors (Lipinski definition) is 12. The predicted octanol–water partition coefficient (Wildman–Crippen LogP) is 2.55. The summed E-state index contributed by atoms with van der Waals surface area (Å²) in [6.45, 7) is 3.49. The van der Waals surface area contributed by atoms with Crippen LogP contribution < -0.4 is 33.2 Å². The van der Waals surface area contributed by atoms with E-state index in [-0.39, 0.29) is 23.3 Å². The van der Waals surface area contributed by atoms with E-state index in [9.17, 15) is 9.59 Å². The number of nitrogens with one attached hydrogen (secondary N) is 3. The van der Waals surface area contributed by atoms with Crippen LogP contribution in [0.5, 0.6) is 0 Å². The van der Waals surface area contributed by atoms with Gasteiger partial charge in [-0.25, -0.2) is 15.0 Å². The van der Waals surface area contributed by atoms with Crippen LogP contribution in [0.1, 0.15) is 120 Å². The fourth-order valence-electron chi connectivity index (χ4n) is 4.48. The second kappa shape index (κ2) is 17.4. The van der Waals surface area contributed by atoms with Crippen molar-refractivity contribution in [1.29, 1.82) is 0 Å². The summed E-state index contributed by atoms with van der Waals surface area (Å²) in [5, 5.41) is 9.02. The molecule has 3 heterocycles. The smallest absolute Gasteiger partial charge is 0.273 e. The van der Waals surface area contributed by atoms with Gasteiger partial charge in [0.25, 0.3) is 11.8 Å². The molecule has 2 amide bonds. The molecule has 3 aromatic rings. The standard InChI is InChI=1S/C28H45N9O5/c1-18-15-40-27(33-18)20(10-4-7-13-30)34-25(39)23-17-42-28(37-23)21(11-5-8-14-31)35-24(38)22-16-41-26(36-22)19(32-2)9-3-6-12-29/h15-17,19-21,32H,3-14,29-31H2,1-2H3,(H,34,39)(H,35,38)/t19-,20-,21-/m1/s1. The SMILES string of the molecule is CN[C@H](CCCCN)c1nc(C(=O)N[C@H](CCCCN)c2nc(C(=O)N[C@H](CCCCN)c3nc(C)co3)co2)co1. The van der Waals surface area contributed by atoms with Gasteiger partial charge in [0.15, 0.2) is 11.4 Å². The topological polar surface area (TPSA) is 226 Å². The molecular weight excluding hydrogens is 542 g/mol. The monoisotopic (exact) mass is 587 g/mol. The summed E-state index contributed by atoms with van der Waals surface area (Å²) in [6, 6.07) is -1.19. The van der Waals surface area contributed by atoms with E-state index in [0.717, 1.165) is 44.2 Å². The fraction of sp³-hybridized carbons (Fsp3) is 0.607. The normalized spacial score (nSPS) is 13.5. The van der Waals surface area contributed by atoms with Crippen LogP contribution in [0, 0.1) is 6.92 Å². The number of rotatable bonds is 20. The zero-order chi connectivity index (χ0) is 30.3. The lowest BCUT2D eigenvalue weighted by molar-refractivity contribution is 0.0916. The molecular formula is C28H45N9O5. The number of aromatic nitrogens is 3. The van der Waals surface area contributed by atoms with Gasteiger partial charge in [0.1, 0.15) is 30.9 Å². The van der Waals surface area contributed by atoms with Crippen LogP contribution >= 0.6 is 0 Å². The van der Waals surface area contributed by atoms with Crippen molar-refractivity contribution in [3.8, 4) is 0 Å². The largest absolute Gasteiger partial charge is 0.446 e. The van der Waals surface area contributed by atoms with Gasteiger partial charge >= 0.3 is 0 Å². The summed E-state index contributed by atoms with van der Waals surface area (Å²) in [5.41, 5.74) is 17.9. The maximum Gasteiger partial charge on any atom is 0.273 e. The molecule has 0 aromatic carbocycles. The fourth-order valence-corrected chi connectivity index (χ4v) is 4.48. The molecule has 0 saturated heterocycles. The number of amides is 2. The Balaban J connectivity index is 1.70. The third kappa shape index (κ3) is 9.76. The highest BCUT2D eigenvalue weighted by molar-refractivity contribution is 5.93. The number of nitrogens with two attached hydrogens (primary N) is 3. The van der Waals surface area contributed by atoms with Crippen LogP contribution in [0.15, 0.2) is 32.0 Å². The summed E-state index contributed by atoms with van der Waals surface area (Å²) in [6.07, 6.45) is 10.9. The lowest BCUT2D eigenvalue weighted by Gasteiger charge is -2.15. The molecule has 3 rings (SSSR count). The van der Waals surface area contributed by atoms with E-state index in [0.29, 0.717) is 50.7 Å². The van der Waals surface area contributed by atoms with Crippen molar-refractivity contribution in [2.24, 2.45) is 17.2 Å². The van der Waals surface area contributed by atoms with Crippen molar-refractivity contribution in [3.63, 3.8) is 0 Å². The highest BCUT2D eigenvalue weighted by Crippen LogP contribution is 2.23. The van der Waals surface area contributed by atoms with E-state index < -0.39 is 23.9 Å². The predicted molar refractivity (Wildman–Crippen MR) is 155 cm³/mol. The Bertz CT molecular complexity index is 1220. The van der Waals surface area contributed by atoms with Crippen LogP contribution in [0.25, 0.3) is 0 Å². The van der Waals surface area contributed by atoms with Gasteiger partial charge in [-0.2, -0.15) is 0 Å². The first-order valence-corrected chi connectivity index (χ1v) is 14.6. The average molecular weight is 588 g/mol. The number of unbranched alkanes of at least 4 members (excludes halogenated alkanes) is 3. The maximum absolute atomic E-state index is 13.1. The highest BCUT2D eigenvalue weighted by Gasteiger charge is 2.26. The molecule has 3 atom stereocenters. The molecule has 3 aromatic heterocycles. The van der Waals surface area contributed by atoms with E-state index in [1.54, 1.807) is 6.26 Å². The molecule has 0 aliphatic rings. The van der Waals surface area contributed by atoms with E-state index in [1.807, 2.05) is 14.0 Å². The maximum atomic E-state index is 13.1. The minimum Gasteiger partial charge on any atom is -0.446 e. The Kier molecular flexibility index (Phi) is 13.6. The summed E-state index contributed by atoms with van der Waals surface area (Å²) in [7, 11) is 1.81.